The Bertz CT molecular complexity index is 680. The Morgan fingerprint density at radius 3 is 2.23 bits per heavy atom. The highest BCUT2D eigenvalue weighted by Gasteiger charge is 2.13. The molecule has 4 heteroatoms. The molecular weight excluding hydrogens is 296 g/mol. The van der Waals surface area contributed by atoms with Gasteiger partial charge >= 0.3 is 6.03 Å². The number of rotatable bonds is 3. The van der Waals surface area contributed by atoms with E-state index in [2.05, 4.69) is 43.5 Å². The molecule has 22 heavy (non-hydrogen) atoms. The number of amides is 2. The Hall–Kier alpha value is -2.00. The number of benzene rings is 2. The van der Waals surface area contributed by atoms with E-state index < -0.39 is 0 Å². The molecule has 0 bridgehead atoms. The second-order valence-corrected chi connectivity index (χ2v) is 6.06. The molecule has 0 saturated heterocycles. The summed E-state index contributed by atoms with van der Waals surface area (Å²) < 4.78 is 0. The third kappa shape index (κ3) is 4.01. The lowest BCUT2D eigenvalue weighted by molar-refractivity contribution is 0.249. The number of aryl methyl sites for hydroxylation is 3. The summed E-state index contributed by atoms with van der Waals surface area (Å²) in [7, 11) is 0. The second-order valence-electron chi connectivity index (χ2n) is 5.62. The van der Waals surface area contributed by atoms with Gasteiger partial charge in [0.25, 0.3) is 0 Å². The molecule has 2 aromatic rings. The number of hydrogen-bond donors (Lipinski definition) is 2. The molecule has 0 heterocycles. The quantitative estimate of drug-likeness (QED) is 0.808. The first-order chi connectivity index (χ1) is 10.4. The zero-order valence-corrected chi connectivity index (χ0v) is 14.1. The first kappa shape index (κ1) is 16.4. The van der Waals surface area contributed by atoms with E-state index in [1.807, 2.05) is 6.92 Å². The third-order valence-electron chi connectivity index (χ3n) is 3.80. The molecule has 2 rings (SSSR count). The summed E-state index contributed by atoms with van der Waals surface area (Å²) in [5, 5.41) is 6.41. The van der Waals surface area contributed by atoms with Crippen LogP contribution < -0.4 is 10.6 Å². The molecule has 0 aromatic heterocycles. The molecule has 0 spiro atoms. The van der Waals surface area contributed by atoms with Crippen molar-refractivity contribution in [3.05, 3.63) is 63.7 Å². The first-order valence-corrected chi connectivity index (χ1v) is 7.65. The zero-order valence-electron chi connectivity index (χ0n) is 13.3. The van der Waals surface area contributed by atoms with E-state index in [-0.39, 0.29) is 12.1 Å². The number of urea groups is 1. The van der Waals surface area contributed by atoms with Crippen molar-refractivity contribution < 1.29 is 4.79 Å². The highest BCUT2D eigenvalue weighted by Crippen LogP contribution is 2.22. The van der Waals surface area contributed by atoms with Crippen LogP contribution in [0.25, 0.3) is 0 Å². The van der Waals surface area contributed by atoms with Crippen molar-refractivity contribution in [1.82, 2.24) is 5.32 Å². The van der Waals surface area contributed by atoms with Crippen molar-refractivity contribution in [2.45, 2.75) is 33.7 Å². The molecule has 2 N–H and O–H groups in total. The SMILES string of the molecule is Cc1cc(C)c(C(C)NC(=O)Nc2ccc(Cl)cc2)cc1C. The molecule has 0 aliphatic carbocycles. The number of anilines is 1. The predicted molar refractivity (Wildman–Crippen MR) is 92.7 cm³/mol. The zero-order chi connectivity index (χ0) is 16.3. The van der Waals surface area contributed by atoms with Crippen LogP contribution in [0.2, 0.25) is 5.02 Å². The van der Waals surface area contributed by atoms with Crippen LogP contribution in [-0.4, -0.2) is 6.03 Å². The Labute approximate surface area is 136 Å². The molecule has 1 atom stereocenters. The van der Waals surface area contributed by atoms with Gasteiger partial charge in [-0.1, -0.05) is 23.7 Å². The van der Waals surface area contributed by atoms with Crippen LogP contribution in [0.3, 0.4) is 0 Å². The summed E-state index contributed by atoms with van der Waals surface area (Å²) in [4.78, 5) is 12.1. The van der Waals surface area contributed by atoms with Crippen molar-refractivity contribution in [2.24, 2.45) is 0 Å². The van der Waals surface area contributed by atoms with Crippen LogP contribution in [-0.2, 0) is 0 Å². The lowest BCUT2D eigenvalue weighted by Crippen LogP contribution is -2.31. The smallest absolute Gasteiger partial charge is 0.319 e. The van der Waals surface area contributed by atoms with Gasteiger partial charge in [-0.25, -0.2) is 4.79 Å². The third-order valence-corrected chi connectivity index (χ3v) is 4.05. The summed E-state index contributed by atoms with van der Waals surface area (Å²) in [5.41, 5.74) is 5.52. The highest BCUT2D eigenvalue weighted by molar-refractivity contribution is 6.30. The van der Waals surface area contributed by atoms with Crippen LogP contribution in [0.15, 0.2) is 36.4 Å². The van der Waals surface area contributed by atoms with Gasteiger partial charge in [0.15, 0.2) is 0 Å². The lowest BCUT2D eigenvalue weighted by atomic mass is 9.97. The molecule has 2 amide bonds. The van der Waals surface area contributed by atoms with Gasteiger partial charge in [-0.05, 0) is 74.2 Å². The number of nitrogens with one attached hydrogen (secondary N) is 2. The fourth-order valence-electron chi connectivity index (χ4n) is 2.42. The maximum absolute atomic E-state index is 12.1. The summed E-state index contributed by atoms with van der Waals surface area (Å²) >= 11 is 5.83. The maximum atomic E-state index is 12.1. The Kier molecular flexibility index (Phi) is 5.09. The lowest BCUT2D eigenvalue weighted by Gasteiger charge is -2.19. The second kappa shape index (κ2) is 6.84. The minimum Gasteiger partial charge on any atom is -0.331 e. The molecule has 0 radical (unpaired) electrons. The first-order valence-electron chi connectivity index (χ1n) is 7.27. The fourth-order valence-corrected chi connectivity index (χ4v) is 2.55. The summed E-state index contributed by atoms with van der Waals surface area (Å²) in [5.74, 6) is 0. The van der Waals surface area contributed by atoms with Crippen LogP contribution in [0, 0.1) is 20.8 Å². The molecule has 3 nitrogen and oxygen atoms in total. The van der Waals surface area contributed by atoms with Gasteiger partial charge in [0.2, 0.25) is 0 Å². The van der Waals surface area contributed by atoms with Crippen LogP contribution in [0.5, 0.6) is 0 Å². The topological polar surface area (TPSA) is 41.1 Å². The molecule has 0 saturated carbocycles. The van der Waals surface area contributed by atoms with Crippen molar-refractivity contribution in [2.75, 3.05) is 5.32 Å². The number of hydrogen-bond acceptors (Lipinski definition) is 1. The van der Waals surface area contributed by atoms with E-state index in [1.54, 1.807) is 24.3 Å². The molecule has 1 unspecified atom stereocenters. The van der Waals surface area contributed by atoms with Gasteiger partial charge in [-0.15, -0.1) is 0 Å². The minimum atomic E-state index is -0.229. The van der Waals surface area contributed by atoms with Crippen molar-refractivity contribution in [3.8, 4) is 0 Å². The van der Waals surface area contributed by atoms with Crippen LogP contribution >= 0.6 is 11.6 Å². The van der Waals surface area contributed by atoms with Gasteiger partial charge in [0.1, 0.15) is 0 Å². The molecular formula is C18H21ClN2O. The van der Waals surface area contributed by atoms with E-state index in [4.69, 9.17) is 11.6 Å². The Morgan fingerprint density at radius 1 is 1.00 bits per heavy atom. The van der Waals surface area contributed by atoms with Crippen LogP contribution in [0.1, 0.15) is 35.2 Å². The largest absolute Gasteiger partial charge is 0.331 e. The van der Waals surface area contributed by atoms with Gasteiger partial charge in [0.05, 0.1) is 6.04 Å². The summed E-state index contributed by atoms with van der Waals surface area (Å²) in [6.45, 7) is 8.23. The van der Waals surface area contributed by atoms with E-state index >= 15 is 0 Å². The van der Waals surface area contributed by atoms with Gasteiger partial charge < -0.3 is 10.6 Å². The van der Waals surface area contributed by atoms with Crippen molar-refractivity contribution in [3.63, 3.8) is 0 Å². The molecule has 0 fully saturated rings. The normalized spacial score (nSPS) is 11.9. The van der Waals surface area contributed by atoms with E-state index in [0.717, 1.165) is 5.56 Å². The van der Waals surface area contributed by atoms with Gasteiger partial charge in [-0.2, -0.15) is 0 Å². The molecule has 0 aliphatic heterocycles. The number of carbonyl (C=O) groups excluding carboxylic acids is 1. The minimum absolute atomic E-state index is 0.0633. The van der Waals surface area contributed by atoms with Crippen molar-refractivity contribution >= 4 is 23.3 Å². The monoisotopic (exact) mass is 316 g/mol. The highest BCUT2D eigenvalue weighted by atomic mass is 35.5. The van der Waals surface area contributed by atoms with E-state index in [1.165, 1.54) is 16.7 Å². The molecule has 0 aliphatic rings. The predicted octanol–water partition coefficient (Wildman–Crippen LogP) is 5.15. The Balaban J connectivity index is 2.05. The molecule has 116 valence electrons. The average Bonchev–Trinajstić information content (AvgIpc) is 2.45. The standard InChI is InChI=1S/C18H21ClN2O/c1-11-9-13(3)17(10-12(11)2)14(4)20-18(22)21-16-7-5-15(19)6-8-16/h5-10,14H,1-4H3,(H2,20,21,22). The van der Waals surface area contributed by atoms with Crippen LogP contribution in [0.4, 0.5) is 10.5 Å². The van der Waals surface area contributed by atoms with Gasteiger partial charge in [0, 0.05) is 10.7 Å². The fraction of sp³-hybridized carbons (Fsp3) is 0.278. The average molecular weight is 317 g/mol. The molecule has 2 aromatic carbocycles. The summed E-state index contributed by atoms with van der Waals surface area (Å²) in [6.07, 6.45) is 0. The number of carbonyl (C=O) groups is 1. The number of halogens is 1. The van der Waals surface area contributed by atoms with E-state index in [0.29, 0.717) is 10.7 Å². The van der Waals surface area contributed by atoms with Gasteiger partial charge in [-0.3, -0.25) is 0 Å². The van der Waals surface area contributed by atoms with E-state index in [9.17, 15) is 4.79 Å². The summed E-state index contributed by atoms with van der Waals surface area (Å²) in [6, 6.07) is 11.0. The Morgan fingerprint density at radius 2 is 1.59 bits per heavy atom. The maximum Gasteiger partial charge on any atom is 0.319 e. The van der Waals surface area contributed by atoms with Crippen molar-refractivity contribution in [1.29, 1.82) is 0 Å².